The molecule has 5 heteroatoms. The second kappa shape index (κ2) is 10.0. The standard InChI is InChI=1S/C23H28N2O3/c1-2-28-23(27)19-11-8-15-25(17-19)16-14-22(26)24-21-13-7-6-12-20(21)18-9-4-3-5-10-18/h3-7,9-10,12-13,19H,2,8,11,14-17H2,1H3,(H,24,26). The quantitative estimate of drug-likeness (QED) is 0.739. The summed E-state index contributed by atoms with van der Waals surface area (Å²) in [4.78, 5) is 26.7. The molecular formula is C23H28N2O3. The Morgan fingerprint density at radius 3 is 2.64 bits per heavy atom. The van der Waals surface area contributed by atoms with Gasteiger partial charge in [-0.15, -0.1) is 0 Å². The fourth-order valence-corrected chi connectivity index (χ4v) is 3.65. The van der Waals surface area contributed by atoms with Crippen LogP contribution in [0.25, 0.3) is 11.1 Å². The van der Waals surface area contributed by atoms with Crippen molar-refractivity contribution >= 4 is 17.6 Å². The summed E-state index contributed by atoms with van der Waals surface area (Å²) in [5.74, 6) is -0.203. The third-order valence-corrected chi connectivity index (χ3v) is 5.07. The van der Waals surface area contributed by atoms with Crippen molar-refractivity contribution in [3.05, 3.63) is 54.6 Å². The van der Waals surface area contributed by atoms with Gasteiger partial charge in [-0.2, -0.15) is 0 Å². The van der Waals surface area contributed by atoms with Crippen LogP contribution < -0.4 is 5.32 Å². The van der Waals surface area contributed by atoms with Gasteiger partial charge in [0, 0.05) is 30.8 Å². The first-order valence-corrected chi connectivity index (χ1v) is 10.0. The van der Waals surface area contributed by atoms with Crippen LogP contribution in [-0.2, 0) is 14.3 Å². The number of piperidine rings is 1. The maximum absolute atomic E-state index is 12.5. The average Bonchev–Trinajstić information content (AvgIpc) is 2.74. The summed E-state index contributed by atoms with van der Waals surface area (Å²) >= 11 is 0. The lowest BCUT2D eigenvalue weighted by molar-refractivity contribution is -0.149. The van der Waals surface area contributed by atoms with Gasteiger partial charge in [-0.3, -0.25) is 9.59 Å². The highest BCUT2D eigenvalue weighted by Gasteiger charge is 2.26. The lowest BCUT2D eigenvalue weighted by Crippen LogP contribution is -2.40. The Kier molecular flexibility index (Phi) is 7.20. The normalized spacial score (nSPS) is 17.1. The van der Waals surface area contributed by atoms with E-state index in [0.717, 1.165) is 36.2 Å². The number of ether oxygens (including phenoxy) is 1. The van der Waals surface area contributed by atoms with Gasteiger partial charge in [0.1, 0.15) is 0 Å². The monoisotopic (exact) mass is 380 g/mol. The van der Waals surface area contributed by atoms with E-state index >= 15 is 0 Å². The van der Waals surface area contributed by atoms with Crippen molar-refractivity contribution in [2.24, 2.45) is 5.92 Å². The number of carbonyl (C=O) groups is 2. The van der Waals surface area contributed by atoms with E-state index in [2.05, 4.69) is 10.2 Å². The van der Waals surface area contributed by atoms with Gasteiger partial charge < -0.3 is 15.0 Å². The van der Waals surface area contributed by atoms with E-state index in [1.165, 1.54) is 0 Å². The van der Waals surface area contributed by atoms with E-state index in [1.807, 2.05) is 61.5 Å². The highest BCUT2D eigenvalue weighted by atomic mass is 16.5. The second-order valence-electron chi connectivity index (χ2n) is 7.10. The zero-order chi connectivity index (χ0) is 19.8. The first-order valence-electron chi connectivity index (χ1n) is 10.0. The van der Waals surface area contributed by atoms with E-state index in [-0.39, 0.29) is 17.8 Å². The Morgan fingerprint density at radius 1 is 1.11 bits per heavy atom. The zero-order valence-electron chi connectivity index (χ0n) is 16.4. The predicted molar refractivity (Wildman–Crippen MR) is 111 cm³/mol. The van der Waals surface area contributed by atoms with Gasteiger partial charge in [0.15, 0.2) is 0 Å². The Labute approximate surface area is 166 Å². The van der Waals surface area contributed by atoms with Crippen molar-refractivity contribution < 1.29 is 14.3 Å². The molecule has 0 aromatic heterocycles. The van der Waals surface area contributed by atoms with E-state index in [9.17, 15) is 9.59 Å². The van der Waals surface area contributed by atoms with Gasteiger partial charge in [-0.1, -0.05) is 48.5 Å². The maximum atomic E-state index is 12.5. The van der Waals surface area contributed by atoms with Gasteiger partial charge in [0.25, 0.3) is 0 Å². The molecule has 1 atom stereocenters. The highest BCUT2D eigenvalue weighted by Crippen LogP contribution is 2.27. The number of likely N-dealkylation sites (tertiary alicyclic amines) is 1. The SMILES string of the molecule is CCOC(=O)C1CCCN(CCC(=O)Nc2ccccc2-c2ccccc2)C1. The smallest absolute Gasteiger partial charge is 0.310 e. The van der Waals surface area contributed by atoms with Gasteiger partial charge >= 0.3 is 5.97 Å². The number of hydrogen-bond acceptors (Lipinski definition) is 4. The molecular weight excluding hydrogens is 352 g/mol. The minimum atomic E-state index is -0.117. The molecule has 1 heterocycles. The molecule has 2 aromatic carbocycles. The van der Waals surface area contributed by atoms with Crippen LogP contribution in [0.4, 0.5) is 5.69 Å². The topological polar surface area (TPSA) is 58.6 Å². The predicted octanol–water partition coefficient (Wildman–Crippen LogP) is 3.96. The van der Waals surface area contributed by atoms with Crippen molar-refractivity contribution in [3.63, 3.8) is 0 Å². The summed E-state index contributed by atoms with van der Waals surface area (Å²) in [7, 11) is 0. The third-order valence-electron chi connectivity index (χ3n) is 5.07. The molecule has 1 amide bonds. The molecule has 1 unspecified atom stereocenters. The van der Waals surface area contributed by atoms with E-state index in [0.29, 0.717) is 26.1 Å². The van der Waals surface area contributed by atoms with Crippen LogP contribution >= 0.6 is 0 Å². The summed E-state index contributed by atoms with van der Waals surface area (Å²) in [6.07, 6.45) is 2.23. The van der Waals surface area contributed by atoms with Crippen LogP contribution in [0.2, 0.25) is 0 Å². The number of amides is 1. The molecule has 1 saturated heterocycles. The number of rotatable bonds is 7. The van der Waals surface area contributed by atoms with Gasteiger partial charge in [0.2, 0.25) is 5.91 Å². The van der Waals surface area contributed by atoms with Crippen LogP contribution in [0.5, 0.6) is 0 Å². The van der Waals surface area contributed by atoms with E-state index in [1.54, 1.807) is 0 Å². The molecule has 5 nitrogen and oxygen atoms in total. The van der Waals surface area contributed by atoms with Gasteiger partial charge in [0.05, 0.1) is 12.5 Å². The molecule has 1 fully saturated rings. The molecule has 28 heavy (non-hydrogen) atoms. The summed E-state index contributed by atoms with van der Waals surface area (Å²) in [5.41, 5.74) is 2.91. The van der Waals surface area contributed by atoms with Crippen LogP contribution in [-0.4, -0.2) is 43.0 Å². The molecule has 0 saturated carbocycles. The Morgan fingerprint density at radius 2 is 1.86 bits per heavy atom. The number of benzene rings is 2. The van der Waals surface area contributed by atoms with E-state index in [4.69, 9.17) is 4.74 Å². The fourth-order valence-electron chi connectivity index (χ4n) is 3.65. The third kappa shape index (κ3) is 5.42. The largest absolute Gasteiger partial charge is 0.466 e. The highest BCUT2D eigenvalue weighted by molar-refractivity contribution is 5.95. The van der Waals surface area contributed by atoms with Crippen LogP contribution in [0.1, 0.15) is 26.2 Å². The summed E-state index contributed by atoms with van der Waals surface area (Å²) < 4.78 is 5.14. The molecule has 0 spiro atoms. The molecule has 148 valence electrons. The molecule has 0 aliphatic carbocycles. The lowest BCUT2D eigenvalue weighted by Gasteiger charge is -2.31. The first kappa shape index (κ1) is 20.1. The number of para-hydroxylation sites is 1. The number of anilines is 1. The molecule has 2 aromatic rings. The Balaban J connectivity index is 1.55. The summed E-state index contributed by atoms with van der Waals surface area (Å²) in [5, 5.41) is 3.05. The summed E-state index contributed by atoms with van der Waals surface area (Å²) in [6, 6.07) is 17.9. The van der Waals surface area contributed by atoms with Crippen LogP contribution in [0.15, 0.2) is 54.6 Å². The van der Waals surface area contributed by atoms with Crippen molar-refractivity contribution in [2.45, 2.75) is 26.2 Å². The minimum absolute atomic E-state index is 0.0124. The molecule has 1 aliphatic rings. The number of esters is 1. The molecule has 0 bridgehead atoms. The lowest BCUT2D eigenvalue weighted by atomic mass is 9.98. The maximum Gasteiger partial charge on any atom is 0.310 e. The summed E-state index contributed by atoms with van der Waals surface area (Å²) in [6.45, 7) is 4.49. The van der Waals surface area contributed by atoms with Crippen molar-refractivity contribution in [1.29, 1.82) is 0 Å². The number of carbonyl (C=O) groups excluding carboxylic acids is 2. The minimum Gasteiger partial charge on any atom is -0.466 e. The van der Waals surface area contributed by atoms with Gasteiger partial charge in [-0.25, -0.2) is 0 Å². The Bertz CT molecular complexity index is 791. The van der Waals surface area contributed by atoms with Crippen molar-refractivity contribution in [3.8, 4) is 11.1 Å². The van der Waals surface area contributed by atoms with Crippen LogP contribution in [0, 0.1) is 5.92 Å². The van der Waals surface area contributed by atoms with Crippen molar-refractivity contribution in [2.75, 3.05) is 31.6 Å². The second-order valence-corrected chi connectivity index (χ2v) is 7.10. The average molecular weight is 380 g/mol. The number of nitrogens with zero attached hydrogens (tertiary/aromatic N) is 1. The molecule has 0 radical (unpaired) electrons. The fraction of sp³-hybridized carbons (Fsp3) is 0.391. The molecule has 3 rings (SSSR count). The number of hydrogen-bond donors (Lipinski definition) is 1. The molecule has 1 N–H and O–H groups in total. The van der Waals surface area contributed by atoms with E-state index < -0.39 is 0 Å². The number of nitrogens with one attached hydrogen (secondary N) is 1. The van der Waals surface area contributed by atoms with Crippen molar-refractivity contribution in [1.82, 2.24) is 4.90 Å². The van der Waals surface area contributed by atoms with Crippen LogP contribution in [0.3, 0.4) is 0 Å². The Hall–Kier alpha value is -2.66. The van der Waals surface area contributed by atoms with Gasteiger partial charge in [-0.05, 0) is 37.9 Å². The zero-order valence-corrected chi connectivity index (χ0v) is 16.4. The first-order chi connectivity index (χ1) is 13.7. The molecule has 1 aliphatic heterocycles.